The fourth-order valence-electron chi connectivity index (χ4n) is 5.30. The van der Waals surface area contributed by atoms with Crippen molar-refractivity contribution in [3.8, 4) is 17.3 Å². The number of nitrogens with zero attached hydrogens (tertiary/aromatic N) is 5. The third kappa shape index (κ3) is 3.00. The maximum atomic E-state index is 6.38. The summed E-state index contributed by atoms with van der Waals surface area (Å²) in [5, 5.41) is 14.1. The van der Waals surface area contributed by atoms with Gasteiger partial charge in [-0.1, -0.05) is 36.4 Å². The van der Waals surface area contributed by atoms with Crippen molar-refractivity contribution in [1.29, 1.82) is 0 Å². The molecule has 31 heavy (non-hydrogen) atoms. The molecule has 0 spiro atoms. The summed E-state index contributed by atoms with van der Waals surface area (Å²) in [5.41, 5.74) is 7.71. The molecule has 0 unspecified atom stereocenters. The Morgan fingerprint density at radius 2 is 1.71 bits per heavy atom. The molecule has 0 N–H and O–H groups in total. The maximum absolute atomic E-state index is 6.38. The van der Waals surface area contributed by atoms with Crippen LogP contribution in [-0.2, 0) is 6.61 Å². The largest absolute Gasteiger partial charge is 0.470 e. The van der Waals surface area contributed by atoms with Crippen LogP contribution in [0, 0.1) is 13.8 Å². The Bertz CT molecular complexity index is 1270. The summed E-state index contributed by atoms with van der Waals surface area (Å²) < 4.78 is 8.27. The molecular formula is C25H25N5O. The van der Waals surface area contributed by atoms with Crippen molar-refractivity contribution in [2.24, 2.45) is 0 Å². The molecule has 0 saturated heterocycles. The van der Waals surface area contributed by atoms with E-state index in [2.05, 4.69) is 35.1 Å². The van der Waals surface area contributed by atoms with E-state index < -0.39 is 0 Å². The first kappa shape index (κ1) is 18.5. The molecule has 7 rings (SSSR count). The van der Waals surface area contributed by atoms with Gasteiger partial charge in [0.1, 0.15) is 6.61 Å². The van der Waals surface area contributed by atoms with Crippen molar-refractivity contribution < 1.29 is 4.74 Å². The number of hydrogen-bond acceptors (Lipinski definition) is 5. The van der Waals surface area contributed by atoms with Gasteiger partial charge in [0.05, 0.1) is 5.69 Å². The topological polar surface area (TPSA) is 65.2 Å². The molecule has 4 aromatic rings. The van der Waals surface area contributed by atoms with Crippen LogP contribution in [-0.4, -0.2) is 24.8 Å². The van der Waals surface area contributed by atoms with E-state index in [0.717, 1.165) is 39.7 Å². The highest BCUT2D eigenvalue weighted by molar-refractivity contribution is 5.65. The summed E-state index contributed by atoms with van der Waals surface area (Å²) in [6.07, 6.45) is 6.72. The Morgan fingerprint density at radius 1 is 0.968 bits per heavy atom. The number of fused-ring (bicyclic) bond motifs is 3. The molecule has 0 radical (unpaired) electrons. The van der Waals surface area contributed by atoms with Crippen LogP contribution in [0.15, 0.2) is 42.6 Å². The van der Waals surface area contributed by atoms with Crippen molar-refractivity contribution in [1.82, 2.24) is 24.8 Å². The number of ether oxygens (including phenoxy) is 1. The molecule has 1 aromatic carbocycles. The lowest BCUT2D eigenvalue weighted by Crippen LogP contribution is -2.25. The fourth-order valence-corrected chi connectivity index (χ4v) is 5.30. The third-order valence-electron chi connectivity index (χ3n) is 6.84. The minimum Gasteiger partial charge on any atom is -0.470 e. The lowest BCUT2D eigenvalue weighted by molar-refractivity contribution is 0.264. The normalized spacial score (nSPS) is 19.5. The van der Waals surface area contributed by atoms with Crippen molar-refractivity contribution in [3.05, 3.63) is 70.5 Å². The summed E-state index contributed by atoms with van der Waals surface area (Å²) in [5.74, 6) is 2.49. The van der Waals surface area contributed by atoms with E-state index in [1.165, 1.54) is 36.8 Å². The molecule has 6 nitrogen and oxygen atoms in total. The highest BCUT2D eigenvalue weighted by atomic mass is 16.5. The zero-order chi connectivity index (χ0) is 20.9. The quantitative estimate of drug-likeness (QED) is 0.465. The van der Waals surface area contributed by atoms with Crippen molar-refractivity contribution in [3.63, 3.8) is 0 Å². The van der Waals surface area contributed by atoms with E-state index in [0.29, 0.717) is 18.4 Å². The number of hydrogen-bond donors (Lipinski definition) is 0. The van der Waals surface area contributed by atoms with E-state index in [1.807, 2.05) is 41.0 Å². The third-order valence-corrected chi connectivity index (χ3v) is 6.84. The van der Waals surface area contributed by atoms with Gasteiger partial charge in [0.15, 0.2) is 11.5 Å². The standard InChI is InChI=1S/C25H25N5O/c1-15-12-16(2)20(26-13-15)14-31-25-22-18-10-8-17(9-11-18)21(22)24-28-27-23(30(24)29-25)19-6-4-3-5-7-19/h3-7,12-13,17-18H,8-11,14H2,1-2H3. The van der Waals surface area contributed by atoms with Gasteiger partial charge in [-0.3, -0.25) is 4.98 Å². The van der Waals surface area contributed by atoms with Crippen molar-refractivity contribution in [2.75, 3.05) is 0 Å². The van der Waals surface area contributed by atoms with E-state index in [1.54, 1.807) is 0 Å². The molecule has 0 amide bonds. The first-order chi connectivity index (χ1) is 15.2. The van der Waals surface area contributed by atoms with Gasteiger partial charge < -0.3 is 4.74 Å². The molecule has 0 aliphatic heterocycles. The molecule has 6 heteroatoms. The first-order valence-electron chi connectivity index (χ1n) is 11.1. The molecule has 3 aromatic heterocycles. The number of aromatic nitrogens is 5. The van der Waals surface area contributed by atoms with E-state index >= 15 is 0 Å². The van der Waals surface area contributed by atoms with Gasteiger partial charge >= 0.3 is 0 Å². The van der Waals surface area contributed by atoms with Crippen LogP contribution >= 0.6 is 0 Å². The van der Waals surface area contributed by atoms with Crippen LogP contribution in [0.1, 0.15) is 65.5 Å². The van der Waals surface area contributed by atoms with Gasteiger partial charge in [-0.25, -0.2) is 0 Å². The fraction of sp³-hybridized carbons (Fsp3) is 0.360. The Balaban J connectivity index is 1.49. The Kier molecular flexibility index (Phi) is 4.26. The number of aryl methyl sites for hydroxylation is 2. The summed E-state index contributed by atoms with van der Waals surface area (Å²) in [4.78, 5) is 4.59. The van der Waals surface area contributed by atoms with Crippen LogP contribution in [0.3, 0.4) is 0 Å². The molecule has 3 aliphatic rings. The molecule has 1 saturated carbocycles. The highest BCUT2D eigenvalue weighted by Crippen LogP contribution is 2.53. The second kappa shape index (κ2) is 7.15. The molecule has 1 fully saturated rings. The van der Waals surface area contributed by atoms with Crippen LogP contribution in [0.2, 0.25) is 0 Å². The molecule has 2 bridgehead atoms. The number of rotatable bonds is 4. The summed E-state index contributed by atoms with van der Waals surface area (Å²) in [6.45, 7) is 4.56. The Labute approximate surface area is 181 Å². The van der Waals surface area contributed by atoms with E-state index in [9.17, 15) is 0 Å². The average molecular weight is 412 g/mol. The molecular weight excluding hydrogens is 386 g/mol. The Morgan fingerprint density at radius 3 is 2.45 bits per heavy atom. The van der Waals surface area contributed by atoms with Gasteiger partial charge in [0.25, 0.3) is 0 Å². The monoisotopic (exact) mass is 411 g/mol. The lowest BCUT2D eigenvalue weighted by Gasteiger charge is -2.38. The van der Waals surface area contributed by atoms with Crippen molar-refractivity contribution >= 4 is 5.65 Å². The smallest absolute Gasteiger partial charge is 0.236 e. The summed E-state index contributed by atoms with van der Waals surface area (Å²) >= 11 is 0. The second-order valence-electron chi connectivity index (χ2n) is 8.87. The van der Waals surface area contributed by atoms with Gasteiger partial charge in [-0.2, -0.15) is 4.52 Å². The zero-order valence-electron chi connectivity index (χ0n) is 17.9. The SMILES string of the molecule is Cc1cnc(COc2nn3c(-c4ccccc4)nnc3c3c2C2CCC3CC2)c(C)c1. The van der Waals surface area contributed by atoms with Crippen LogP contribution in [0.25, 0.3) is 17.0 Å². The predicted molar refractivity (Wildman–Crippen MR) is 118 cm³/mol. The molecule has 0 atom stereocenters. The average Bonchev–Trinajstić information content (AvgIpc) is 3.23. The second-order valence-corrected chi connectivity index (χ2v) is 8.87. The van der Waals surface area contributed by atoms with E-state index in [4.69, 9.17) is 9.84 Å². The van der Waals surface area contributed by atoms with Gasteiger partial charge in [0, 0.05) is 22.9 Å². The maximum Gasteiger partial charge on any atom is 0.236 e. The van der Waals surface area contributed by atoms with Crippen LogP contribution in [0.5, 0.6) is 5.88 Å². The summed E-state index contributed by atoms with van der Waals surface area (Å²) in [6, 6.07) is 12.3. The lowest BCUT2D eigenvalue weighted by atomic mass is 9.67. The number of pyridine rings is 1. The van der Waals surface area contributed by atoms with E-state index in [-0.39, 0.29) is 0 Å². The van der Waals surface area contributed by atoms with Gasteiger partial charge in [0.2, 0.25) is 5.88 Å². The number of benzene rings is 1. The predicted octanol–water partition coefficient (Wildman–Crippen LogP) is 5.14. The van der Waals surface area contributed by atoms with Crippen LogP contribution < -0.4 is 4.74 Å². The molecule has 3 heterocycles. The van der Waals surface area contributed by atoms with Crippen LogP contribution in [0.4, 0.5) is 0 Å². The van der Waals surface area contributed by atoms with Gasteiger partial charge in [-0.15, -0.1) is 15.3 Å². The highest BCUT2D eigenvalue weighted by Gasteiger charge is 2.39. The molecule has 3 aliphatic carbocycles. The minimum absolute atomic E-state index is 0.414. The van der Waals surface area contributed by atoms with Crippen molar-refractivity contribution in [2.45, 2.75) is 58.0 Å². The summed E-state index contributed by atoms with van der Waals surface area (Å²) in [7, 11) is 0. The minimum atomic E-state index is 0.414. The Hall–Kier alpha value is -3.28. The molecule has 156 valence electrons. The van der Waals surface area contributed by atoms with Gasteiger partial charge in [-0.05, 0) is 62.5 Å². The first-order valence-corrected chi connectivity index (χ1v) is 11.1. The zero-order valence-corrected chi connectivity index (χ0v) is 17.9.